The van der Waals surface area contributed by atoms with Gasteiger partial charge in [0.05, 0.1) is 16.8 Å². The Balaban J connectivity index is 0.000000180. The van der Waals surface area contributed by atoms with E-state index < -0.39 is 41.2 Å². The number of hydrazine groups is 1. The van der Waals surface area contributed by atoms with Crippen LogP contribution in [0.1, 0.15) is 67.3 Å². The third-order valence-electron chi connectivity index (χ3n) is 12.3. The number of non-ortho nitro benzene ring substituents is 1. The number of aryl methyl sites for hydroxylation is 5. The summed E-state index contributed by atoms with van der Waals surface area (Å²) in [4.78, 5) is 60.9. The lowest BCUT2D eigenvalue weighted by molar-refractivity contribution is -0.384. The maximum Gasteiger partial charge on any atom is 0.471 e. The predicted octanol–water partition coefficient (Wildman–Crippen LogP) is 10.2. The van der Waals surface area contributed by atoms with Crippen LogP contribution in [0.5, 0.6) is 0 Å². The third kappa shape index (κ3) is 16.1. The zero-order valence-electron chi connectivity index (χ0n) is 40.7. The summed E-state index contributed by atoms with van der Waals surface area (Å²) in [5, 5.41) is 16.5. The van der Waals surface area contributed by atoms with E-state index in [1.54, 1.807) is 36.4 Å². The van der Waals surface area contributed by atoms with Gasteiger partial charge in [0.25, 0.3) is 5.69 Å². The molecule has 420 valence electrons. The summed E-state index contributed by atoms with van der Waals surface area (Å²) in [7, 11) is 0. The number of hydrogen-bond acceptors (Lipinski definition) is 12. The molecule has 5 aromatic rings. The number of nitro groups is 1. The van der Waals surface area contributed by atoms with Gasteiger partial charge in [0.1, 0.15) is 5.82 Å². The highest BCUT2D eigenvalue weighted by molar-refractivity contribution is 14.1. The van der Waals surface area contributed by atoms with Crippen molar-refractivity contribution < 1.29 is 63.6 Å². The molecule has 0 bridgehead atoms. The van der Waals surface area contributed by atoms with E-state index in [1.807, 2.05) is 12.1 Å². The number of nitro benzene ring substituents is 1. The minimum absolute atomic E-state index is 0. The number of fused-ring (bicyclic) bond motifs is 5. The van der Waals surface area contributed by atoms with Crippen molar-refractivity contribution in [3.8, 4) is 0 Å². The Kier molecular flexibility index (Phi) is 20.7. The number of rotatable bonds is 2. The second kappa shape index (κ2) is 26.3. The van der Waals surface area contributed by atoms with Gasteiger partial charge in [-0.25, -0.2) is 4.98 Å². The van der Waals surface area contributed by atoms with Gasteiger partial charge in [-0.1, -0.05) is 7.43 Å². The Hall–Kier alpha value is -7.43. The Bertz CT molecular complexity index is 2910. The average Bonchev–Trinajstić information content (AvgIpc) is 3.42. The maximum absolute atomic E-state index is 12.4. The zero-order valence-corrected chi connectivity index (χ0v) is 42.8. The molecule has 0 radical (unpaired) electrons. The SMILES string of the molecule is C.NNc1ccc2c(c1)CCCN2C(=O)C(F)(F)F.Nc1ccc2c(c1)CCCN2.Nc1cnc2c(c1)CCCN2C(=O)C(F)(F)F.O=C(N1CCCc2cc(I)ccc21)C(F)(F)F.O=C1CCc2cc([N+](=O)[O-])ccc2N1. The quantitative estimate of drug-likeness (QED) is 0.0241. The Labute approximate surface area is 455 Å². The minimum Gasteiger partial charge on any atom is -0.399 e. The normalized spacial score (nSPS) is 15.1. The minimum atomic E-state index is -4.88. The smallest absolute Gasteiger partial charge is 0.399 e. The van der Waals surface area contributed by atoms with Gasteiger partial charge in [-0.15, -0.1) is 0 Å². The fourth-order valence-electron chi connectivity index (χ4n) is 8.79. The first-order valence-electron chi connectivity index (χ1n) is 23.7. The van der Waals surface area contributed by atoms with E-state index in [0.29, 0.717) is 95.8 Å². The van der Waals surface area contributed by atoms with Gasteiger partial charge in [-0.3, -0.25) is 40.0 Å². The molecule has 6 heterocycles. The van der Waals surface area contributed by atoms with Gasteiger partial charge in [-0.05, 0) is 175 Å². The topological polar surface area (TPSA) is 248 Å². The van der Waals surface area contributed by atoms with E-state index in [9.17, 15) is 68.8 Å². The van der Waals surface area contributed by atoms with Crippen LogP contribution in [0.25, 0.3) is 0 Å². The molecule has 0 spiro atoms. The molecule has 1 aromatic heterocycles. The summed E-state index contributed by atoms with van der Waals surface area (Å²) in [5.41, 5.74) is 22.4. The largest absolute Gasteiger partial charge is 0.471 e. The van der Waals surface area contributed by atoms with E-state index >= 15 is 0 Å². The summed E-state index contributed by atoms with van der Waals surface area (Å²) < 4.78 is 113. The molecule has 0 saturated carbocycles. The highest BCUT2D eigenvalue weighted by Crippen LogP contribution is 2.35. The molecule has 4 amide bonds. The molecule has 0 aliphatic carbocycles. The molecule has 4 aromatic carbocycles. The molecule has 0 unspecified atom stereocenters. The summed E-state index contributed by atoms with van der Waals surface area (Å²) in [6, 6.07) is 21.9. The molecular weight excluding hydrogens is 1160 g/mol. The van der Waals surface area contributed by atoms with E-state index in [0.717, 1.165) is 43.1 Å². The van der Waals surface area contributed by atoms with Crippen LogP contribution >= 0.6 is 22.6 Å². The molecule has 10 rings (SSSR count). The second-order valence-corrected chi connectivity index (χ2v) is 19.0. The first kappa shape index (κ1) is 61.4. The van der Waals surface area contributed by atoms with Crippen molar-refractivity contribution in [3.05, 3.63) is 127 Å². The van der Waals surface area contributed by atoms with Crippen molar-refractivity contribution in [2.24, 2.45) is 5.84 Å². The molecular formula is C51H55F9IN11O6. The highest BCUT2D eigenvalue weighted by atomic mass is 127. The summed E-state index contributed by atoms with van der Waals surface area (Å²) in [6.45, 7) is 1.34. The summed E-state index contributed by atoms with van der Waals surface area (Å²) >= 11 is 2.10. The monoisotopic (exact) mass is 1220 g/mol. The lowest BCUT2D eigenvalue weighted by Gasteiger charge is -2.30. The first-order chi connectivity index (χ1) is 36.2. The van der Waals surface area contributed by atoms with Crippen LogP contribution in [-0.2, 0) is 51.3 Å². The number of carbonyl (C=O) groups is 4. The molecule has 17 nitrogen and oxygen atoms in total. The van der Waals surface area contributed by atoms with Crippen LogP contribution in [0.15, 0.2) is 85.1 Å². The van der Waals surface area contributed by atoms with Crippen LogP contribution in [0.4, 0.5) is 90.8 Å². The zero-order chi connectivity index (χ0) is 56.4. The average molecular weight is 1220 g/mol. The van der Waals surface area contributed by atoms with Crippen molar-refractivity contribution in [1.82, 2.24) is 4.98 Å². The number of carbonyl (C=O) groups excluding carboxylic acids is 4. The lowest BCUT2D eigenvalue weighted by Crippen LogP contribution is -2.44. The lowest BCUT2D eigenvalue weighted by atomic mass is 10.0. The highest BCUT2D eigenvalue weighted by Gasteiger charge is 2.46. The summed E-state index contributed by atoms with van der Waals surface area (Å²) in [5.74, 6) is -0.216. The van der Waals surface area contributed by atoms with Crippen LogP contribution in [0.2, 0.25) is 0 Å². The molecule has 27 heteroatoms. The third-order valence-corrected chi connectivity index (χ3v) is 13.0. The van der Waals surface area contributed by atoms with Crippen LogP contribution in [0, 0.1) is 13.7 Å². The van der Waals surface area contributed by atoms with Gasteiger partial charge in [0.2, 0.25) is 5.91 Å². The molecule has 0 fully saturated rings. The Morgan fingerprint density at radius 1 is 0.615 bits per heavy atom. The number of nitrogens with one attached hydrogen (secondary N) is 3. The van der Waals surface area contributed by atoms with Crippen LogP contribution in [-0.4, -0.2) is 78.2 Å². The van der Waals surface area contributed by atoms with Gasteiger partial charge in [-0.2, -0.15) is 39.5 Å². The number of aromatic nitrogens is 1. The first-order valence-corrected chi connectivity index (χ1v) is 24.8. The van der Waals surface area contributed by atoms with Crippen molar-refractivity contribution in [2.45, 2.75) is 90.2 Å². The number of anilines is 8. The maximum atomic E-state index is 12.4. The number of hydrogen-bond donors (Lipinski definition) is 6. The number of amides is 4. The van der Waals surface area contributed by atoms with E-state index in [2.05, 4.69) is 55.8 Å². The van der Waals surface area contributed by atoms with Gasteiger partial charge in [0, 0.05) is 82.4 Å². The van der Waals surface area contributed by atoms with Crippen molar-refractivity contribution >= 4 is 97.5 Å². The van der Waals surface area contributed by atoms with Crippen molar-refractivity contribution in [3.63, 3.8) is 0 Å². The van der Waals surface area contributed by atoms with E-state index in [4.69, 9.17) is 17.3 Å². The van der Waals surface area contributed by atoms with Crippen LogP contribution in [0.3, 0.4) is 0 Å². The fraction of sp³-hybridized carbons (Fsp3) is 0.353. The van der Waals surface area contributed by atoms with Crippen LogP contribution < -0.4 is 48.1 Å². The number of halogens is 10. The van der Waals surface area contributed by atoms with Gasteiger partial charge >= 0.3 is 36.3 Å². The fourth-order valence-corrected chi connectivity index (χ4v) is 9.35. The van der Waals surface area contributed by atoms with Crippen molar-refractivity contribution in [1.29, 1.82) is 0 Å². The molecule has 9 N–H and O–H groups in total. The van der Waals surface area contributed by atoms with E-state index in [1.165, 1.54) is 42.1 Å². The van der Waals surface area contributed by atoms with Crippen molar-refractivity contribution in [2.75, 3.05) is 68.4 Å². The Morgan fingerprint density at radius 3 is 1.72 bits per heavy atom. The summed E-state index contributed by atoms with van der Waals surface area (Å²) in [6.07, 6.45) is -6.47. The number of nitrogens with two attached hydrogens (primary N) is 3. The molecule has 5 aliphatic heterocycles. The Morgan fingerprint density at radius 2 is 1.13 bits per heavy atom. The van der Waals surface area contributed by atoms with Gasteiger partial charge in [0.15, 0.2) is 0 Å². The number of nitrogens with zero attached hydrogens (tertiary/aromatic N) is 5. The molecule has 5 aliphatic rings. The number of alkyl halides is 9. The number of nitrogen functional groups attached to an aromatic ring is 3. The predicted molar refractivity (Wildman–Crippen MR) is 287 cm³/mol. The molecule has 78 heavy (non-hydrogen) atoms. The number of pyridine rings is 1. The second-order valence-electron chi connectivity index (χ2n) is 17.8. The molecule has 0 atom stereocenters. The number of benzene rings is 4. The molecule has 0 saturated heterocycles. The standard InChI is InChI=1S/C11H9F3INO.C11H12F3N3O.C10H10F3N3O.C9H8N2O3.C9H12N2.CH4/c12-11(13,14)10(17)16-5-1-2-7-6-8(15)3-4-9(7)16;12-11(13,14)10(18)17-5-1-2-7-6-8(16-15)3-4-9(7)17;11-10(12,13)9(17)16-3-1-2-6-4-7(14)5-15-8(6)16;12-9-4-1-6-5-7(11(13)14)2-3-8(6)10-9;10-8-3-4-9-7(6-8)2-1-5-11-9;/h3-4,6H,1-2,5H2;3-4,6,16H,1-2,5,15H2;4-5H,1-3,14H2;2-3,5H,1,4H2,(H,10,12);3-4,6,11H,1-2,5,10H2;1H4. The van der Waals surface area contributed by atoms with E-state index in [-0.39, 0.29) is 44.5 Å². The van der Waals surface area contributed by atoms with Gasteiger partial charge < -0.3 is 37.3 Å².